The van der Waals surface area contributed by atoms with E-state index in [9.17, 15) is 8.42 Å². The van der Waals surface area contributed by atoms with Gasteiger partial charge in [0, 0.05) is 5.02 Å². The van der Waals surface area contributed by atoms with Gasteiger partial charge in [-0.15, -0.1) is 0 Å². The summed E-state index contributed by atoms with van der Waals surface area (Å²) in [5, 5.41) is 0.579. The number of hydrogen-bond acceptors (Lipinski definition) is 2. The van der Waals surface area contributed by atoms with Crippen LogP contribution in [0, 0.1) is 13.8 Å². The number of hydrogen-bond donors (Lipinski definition) is 1. The first-order chi connectivity index (χ1) is 8.88. The Hall–Kier alpha value is -1.52. The van der Waals surface area contributed by atoms with Crippen LogP contribution in [-0.4, -0.2) is 8.42 Å². The predicted molar refractivity (Wildman–Crippen MR) is 78.2 cm³/mol. The van der Waals surface area contributed by atoms with Gasteiger partial charge in [-0.1, -0.05) is 29.3 Å². The molecule has 2 aromatic carbocycles. The van der Waals surface area contributed by atoms with Crippen molar-refractivity contribution < 1.29 is 8.42 Å². The van der Waals surface area contributed by atoms with E-state index in [-0.39, 0.29) is 4.90 Å². The van der Waals surface area contributed by atoms with Crippen molar-refractivity contribution in [1.82, 2.24) is 0 Å². The number of benzene rings is 2. The normalized spacial score (nSPS) is 11.3. The monoisotopic (exact) mass is 295 g/mol. The lowest BCUT2D eigenvalue weighted by atomic mass is 10.2. The summed E-state index contributed by atoms with van der Waals surface area (Å²) < 4.78 is 27.0. The molecule has 0 fully saturated rings. The predicted octanol–water partition coefficient (Wildman–Crippen LogP) is 3.76. The first-order valence-corrected chi connectivity index (χ1v) is 7.60. The first-order valence-electron chi connectivity index (χ1n) is 5.74. The Morgan fingerprint density at radius 3 is 2.21 bits per heavy atom. The molecule has 0 saturated heterocycles. The molecule has 0 spiro atoms. The van der Waals surface area contributed by atoms with Gasteiger partial charge in [-0.3, -0.25) is 4.72 Å². The van der Waals surface area contributed by atoms with Crippen LogP contribution in [-0.2, 0) is 10.0 Å². The van der Waals surface area contributed by atoms with Crippen molar-refractivity contribution in [3.05, 3.63) is 58.6 Å². The average molecular weight is 296 g/mol. The smallest absolute Gasteiger partial charge is 0.261 e. The van der Waals surface area contributed by atoms with Crippen LogP contribution in [0.25, 0.3) is 0 Å². The van der Waals surface area contributed by atoms with E-state index in [0.717, 1.165) is 11.1 Å². The molecule has 0 unspecified atom stereocenters. The molecule has 1 N–H and O–H groups in total. The van der Waals surface area contributed by atoms with Crippen molar-refractivity contribution in [3.63, 3.8) is 0 Å². The fourth-order valence-electron chi connectivity index (χ4n) is 1.66. The third-order valence-corrected chi connectivity index (χ3v) is 4.38. The molecule has 0 aliphatic carbocycles. The molecule has 0 heterocycles. The summed E-state index contributed by atoms with van der Waals surface area (Å²) in [5.74, 6) is 0. The molecule has 2 rings (SSSR count). The van der Waals surface area contributed by atoms with E-state index in [1.165, 1.54) is 0 Å². The van der Waals surface area contributed by atoms with E-state index in [0.29, 0.717) is 10.7 Å². The van der Waals surface area contributed by atoms with Gasteiger partial charge in [0.05, 0.1) is 10.6 Å². The highest BCUT2D eigenvalue weighted by atomic mass is 35.5. The lowest BCUT2D eigenvalue weighted by Gasteiger charge is -2.11. The van der Waals surface area contributed by atoms with Crippen LogP contribution in [0.3, 0.4) is 0 Å². The van der Waals surface area contributed by atoms with Crippen molar-refractivity contribution in [1.29, 1.82) is 0 Å². The van der Waals surface area contributed by atoms with Gasteiger partial charge in [-0.25, -0.2) is 8.42 Å². The Kier molecular flexibility index (Phi) is 3.83. The fourth-order valence-corrected chi connectivity index (χ4v) is 3.02. The second kappa shape index (κ2) is 5.23. The minimum Gasteiger partial charge on any atom is -0.279 e. The molecule has 0 aliphatic heterocycles. The summed E-state index contributed by atoms with van der Waals surface area (Å²) in [6.07, 6.45) is 0. The van der Waals surface area contributed by atoms with Crippen molar-refractivity contribution in [2.24, 2.45) is 0 Å². The van der Waals surface area contributed by atoms with Crippen LogP contribution in [0.1, 0.15) is 11.1 Å². The molecule has 5 heteroatoms. The number of aryl methyl sites for hydroxylation is 2. The van der Waals surface area contributed by atoms with E-state index in [1.807, 2.05) is 6.92 Å². The second-order valence-corrected chi connectivity index (χ2v) is 6.50. The third kappa shape index (κ3) is 3.28. The maximum Gasteiger partial charge on any atom is 0.261 e. The third-order valence-electron chi connectivity index (χ3n) is 2.76. The van der Waals surface area contributed by atoms with E-state index in [4.69, 9.17) is 11.6 Å². The molecule has 0 atom stereocenters. The molecule has 2 aromatic rings. The number of sulfonamides is 1. The summed E-state index contributed by atoms with van der Waals surface area (Å²) in [6.45, 7) is 3.71. The van der Waals surface area contributed by atoms with Gasteiger partial charge in [0.1, 0.15) is 0 Å². The molecule has 0 aliphatic rings. The molecule has 100 valence electrons. The zero-order chi connectivity index (χ0) is 14.0. The minimum absolute atomic E-state index is 0.243. The van der Waals surface area contributed by atoms with Gasteiger partial charge < -0.3 is 0 Å². The molecule has 19 heavy (non-hydrogen) atoms. The Morgan fingerprint density at radius 2 is 1.63 bits per heavy atom. The van der Waals surface area contributed by atoms with Crippen LogP contribution < -0.4 is 4.72 Å². The first kappa shape index (κ1) is 13.9. The highest BCUT2D eigenvalue weighted by molar-refractivity contribution is 7.92. The topological polar surface area (TPSA) is 46.2 Å². The zero-order valence-corrected chi connectivity index (χ0v) is 12.2. The van der Waals surface area contributed by atoms with E-state index < -0.39 is 10.0 Å². The largest absolute Gasteiger partial charge is 0.279 e. The lowest BCUT2D eigenvalue weighted by Crippen LogP contribution is -2.13. The standard InChI is InChI=1S/C14H14ClNO2S/c1-10-3-6-13(7-4-10)19(17,18)16-14-8-5-12(15)9-11(14)2/h3-9,16H,1-2H3. The van der Waals surface area contributed by atoms with Crippen LogP contribution in [0.2, 0.25) is 5.02 Å². The SMILES string of the molecule is Cc1ccc(S(=O)(=O)Nc2ccc(Cl)cc2C)cc1. The second-order valence-electron chi connectivity index (χ2n) is 4.38. The van der Waals surface area contributed by atoms with Crippen LogP contribution >= 0.6 is 11.6 Å². The zero-order valence-electron chi connectivity index (χ0n) is 10.6. The maximum atomic E-state index is 12.2. The summed E-state index contributed by atoms with van der Waals surface area (Å²) in [7, 11) is -3.56. The molecule has 0 amide bonds. The van der Waals surface area contributed by atoms with Gasteiger partial charge in [0.15, 0.2) is 0 Å². The van der Waals surface area contributed by atoms with Gasteiger partial charge in [-0.05, 0) is 49.7 Å². The van der Waals surface area contributed by atoms with E-state index >= 15 is 0 Å². The molecule has 0 bridgehead atoms. The summed E-state index contributed by atoms with van der Waals surface area (Å²) >= 11 is 5.85. The number of nitrogens with one attached hydrogen (secondary N) is 1. The van der Waals surface area contributed by atoms with Gasteiger partial charge in [0.2, 0.25) is 0 Å². The van der Waals surface area contributed by atoms with Gasteiger partial charge in [0.25, 0.3) is 10.0 Å². The highest BCUT2D eigenvalue weighted by Crippen LogP contribution is 2.22. The quantitative estimate of drug-likeness (QED) is 0.937. The van der Waals surface area contributed by atoms with Crippen molar-refractivity contribution in [3.8, 4) is 0 Å². The fraction of sp³-hybridized carbons (Fsp3) is 0.143. The van der Waals surface area contributed by atoms with Crippen LogP contribution in [0.5, 0.6) is 0 Å². The van der Waals surface area contributed by atoms with Crippen molar-refractivity contribution in [2.45, 2.75) is 18.7 Å². The Morgan fingerprint density at radius 1 is 1.00 bits per heavy atom. The summed E-state index contributed by atoms with van der Waals surface area (Å²) in [6, 6.07) is 11.7. The molecule has 0 radical (unpaired) electrons. The molecule has 3 nitrogen and oxygen atoms in total. The number of halogens is 1. The highest BCUT2D eigenvalue weighted by Gasteiger charge is 2.14. The van der Waals surface area contributed by atoms with E-state index in [1.54, 1.807) is 49.4 Å². The van der Waals surface area contributed by atoms with E-state index in [2.05, 4.69) is 4.72 Å². The Labute approximate surface area is 118 Å². The van der Waals surface area contributed by atoms with Gasteiger partial charge in [-0.2, -0.15) is 0 Å². The lowest BCUT2D eigenvalue weighted by molar-refractivity contribution is 0.601. The molecular formula is C14H14ClNO2S. The summed E-state index contributed by atoms with van der Waals surface area (Å²) in [4.78, 5) is 0.243. The van der Waals surface area contributed by atoms with Crippen molar-refractivity contribution >= 4 is 27.3 Å². The molecular weight excluding hydrogens is 282 g/mol. The number of anilines is 1. The minimum atomic E-state index is -3.56. The average Bonchev–Trinajstić information content (AvgIpc) is 2.33. The van der Waals surface area contributed by atoms with Crippen LogP contribution in [0.15, 0.2) is 47.4 Å². The Balaban J connectivity index is 2.33. The summed E-state index contributed by atoms with van der Waals surface area (Å²) in [5.41, 5.74) is 2.33. The van der Waals surface area contributed by atoms with Crippen LogP contribution in [0.4, 0.5) is 5.69 Å². The maximum absolute atomic E-state index is 12.2. The van der Waals surface area contributed by atoms with Gasteiger partial charge >= 0.3 is 0 Å². The molecule has 0 saturated carbocycles. The molecule has 0 aromatic heterocycles. The number of rotatable bonds is 3. The Bertz CT molecular complexity index is 694. The van der Waals surface area contributed by atoms with Crippen molar-refractivity contribution in [2.75, 3.05) is 4.72 Å².